The van der Waals surface area contributed by atoms with Gasteiger partial charge in [0.25, 0.3) is 5.91 Å². The lowest BCUT2D eigenvalue weighted by Gasteiger charge is -2.33. The zero-order valence-corrected chi connectivity index (χ0v) is 14.9. The quantitative estimate of drug-likeness (QED) is 0.826. The van der Waals surface area contributed by atoms with Gasteiger partial charge in [0.2, 0.25) is 5.91 Å². The molecule has 1 heterocycles. The van der Waals surface area contributed by atoms with Crippen molar-refractivity contribution in [2.24, 2.45) is 0 Å². The first-order valence-electron chi connectivity index (χ1n) is 8.74. The second-order valence-corrected chi connectivity index (χ2v) is 6.25. The molecule has 140 valence electrons. The summed E-state index contributed by atoms with van der Waals surface area (Å²) in [5.74, 6) is -1.24. The van der Waals surface area contributed by atoms with Crippen LogP contribution in [0.3, 0.4) is 0 Å². The van der Waals surface area contributed by atoms with Crippen LogP contribution in [0.4, 0.5) is 4.39 Å². The van der Waals surface area contributed by atoms with Gasteiger partial charge in [0, 0.05) is 19.6 Å². The number of hydrogen-bond acceptors (Lipinski definition) is 3. The van der Waals surface area contributed by atoms with Crippen LogP contribution in [0, 0.1) is 5.82 Å². The van der Waals surface area contributed by atoms with Crippen LogP contribution in [0.1, 0.15) is 10.4 Å². The third-order valence-corrected chi connectivity index (χ3v) is 4.42. The van der Waals surface area contributed by atoms with Gasteiger partial charge in [0.05, 0.1) is 18.3 Å². The fraction of sp³-hybridized carbons (Fsp3) is 0.238. The van der Waals surface area contributed by atoms with E-state index in [9.17, 15) is 14.0 Å². The Morgan fingerprint density at radius 1 is 1.22 bits per heavy atom. The van der Waals surface area contributed by atoms with Crippen molar-refractivity contribution in [3.8, 4) is 11.1 Å². The van der Waals surface area contributed by atoms with E-state index in [-0.39, 0.29) is 36.6 Å². The van der Waals surface area contributed by atoms with Gasteiger partial charge in [-0.3, -0.25) is 9.59 Å². The summed E-state index contributed by atoms with van der Waals surface area (Å²) >= 11 is 0. The van der Waals surface area contributed by atoms with Crippen molar-refractivity contribution in [3.63, 3.8) is 0 Å². The molecule has 1 fully saturated rings. The number of ether oxygens (including phenoxy) is 1. The van der Waals surface area contributed by atoms with Crippen molar-refractivity contribution in [2.75, 3.05) is 26.2 Å². The highest BCUT2D eigenvalue weighted by atomic mass is 19.1. The van der Waals surface area contributed by atoms with E-state index >= 15 is 0 Å². The highest BCUT2D eigenvalue weighted by Crippen LogP contribution is 2.23. The Morgan fingerprint density at radius 3 is 2.74 bits per heavy atom. The molecular formula is C21H21FN2O3. The lowest BCUT2D eigenvalue weighted by molar-refractivity contribution is -0.117. The highest BCUT2D eigenvalue weighted by Gasteiger charge is 2.27. The average molecular weight is 368 g/mol. The molecule has 0 bridgehead atoms. The van der Waals surface area contributed by atoms with E-state index in [2.05, 4.69) is 11.9 Å². The molecule has 1 aliphatic rings. The lowest BCUT2D eigenvalue weighted by atomic mass is 10.0. The highest BCUT2D eigenvalue weighted by molar-refractivity contribution is 5.96. The summed E-state index contributed by atoms with van der Waals surface area (Å²) in [6, 6.07) is 14.1. The summed E-state index contributed by atoms with van der Waals surface area (Å²) in [7, 11) is 0. The summed E-state index contributed by atoms with van der Waals surface area (Å²) in [4.78, 5) is 25.7. The number of nitrogens with one attached hydrogen (secondary N) is 1. The predicted molar refractivity (Wildman–Crippen MR) is 101 cm³/mol. The second-order valence-electron chi connectivity index (χ2n) is 6.25. The van der Waals surface area contributed by atoms with E-state index in [0.29, 0.717) is 13.2 Å². The van der Waals surface area contributed by atoms with Crippen molar-refractivity contribution in [1.82, 2.24) is 10.2 Å². The number of amides is 2. The van der Waals surface area contributed by atoms with Gasteiger partial charge in [-0.05, 0) is 29.3 Å². The van der Waals surface area contributed by atoms with Gasteiger partial charge in [0.1, 0.15) is 5.82 Å². The molecule has 0 aromatic heterocycles. The van der Waals surface area contributed by atoms with Crippen LogP contribution in [0.25, 0.3) is 11.1 Å². The van der Waals surface area contributed by atoms with E-state index < -0.39 is 5.82 Å². The normalized spacial score (nSPS) is 16.6. The molecule has 0 radical (unpaired) electrons. The molecule has 2 amide bonds. The number of hydrogen-bond donors (Lipinski definition) is 1. The molecule has 2 aromatic rings. The average Bonchev–Trinajstić information content (AvgIpc) is 2.72. The first-order valence-corrected chi connectivity index (χ1v) is 8.74. The number of carbonyl (C=O) groups is 2. The molecule has 3 rings (SSSR count). The molecule has 0 unspecified atom stereocenters. The maximum atomic E-state index is 14.3. The Labute approximate surface area is 157 Å². The first-order chi connectivity index (χ1) is 13.1. The van der Waals surface area contributed by atoms with Crippen molar-refractivity contribution >= 4 is 11.8 Å². The molecule has 2 aromatic carbocycles. The molecular weight excluding hydrogens is 347 g/mol. The number of benzene rings is 2. The number of morpholine rings is 1. The minimum absolute atomic E-state index is 0.0344. The van der Waals surface area contributed by atoms with Crippen LogP contribution in [-0.2, 0) is 9.53 Å². The van der Waals surface area contributed by atoms with Gasteiger partial charge in [-0.25, -0.2) is 4.39 Å². The van der Waals surface area contributed by atoms with E-state index in [1.807, 2.05) is 30.3 Å². The Balaban J connectivity index is 1.75. The van der Waals surface area contributed by atoms with Gasteiger partial charge in [-0.1, -0.05) is 43.0 Å². The van der Waals surface area contributed by atoms with Crippen LogP contribution >= 0.6 is 0 Å². The fourth-order valence-corrected chi connectivity index (χ4v) is 2.98. The smallest absolute Gasteiger partial charge is 0.257 e. The van der Waals surface area contributed by atoms with Crippen molar-refractivity contribution in [2.45, 2.75) is 6.10 Å². The van der Waals surface area contributed by atoms with Crippen LogP contribution in [0.15, 0.2) is 61.2 Å². The largest absolute Gasteiger partial charge is 0.373 e. The molecule has 27 heavy (non-hydrogen) atoms. The minimum atomic E-state index is -0.553. The Bertz CT molecular complexity index is 839. The Kier molecular flexibility index (Phi) is 5.98. The van der Waals surface area contributed by atoms with Crippen LogP contribution < -0.4 is 5.32 Å². The van der Waals surface area contributed by atoms with Crippen molar-refractivity contribution < 1.29 is 18.7 Å². The van der Waals surface area contributed by atoms with Gasteiger partial charge in [-0.2, -0.15) is 0 Å². The van der Waals surface area contributed by atoms with Gasteiger partial charge >= 0.3 is 0 Å². The van der Waals surface area contributed by atoms with E-state index in [1.54, 1.807) is 17.0 Å². The first kappa shape index (κ1) is 18.8. The summed E-state index contributed by atoms with van der Waals surface area (Å²) in [5.41, 5.74) is 1.73. The standard InChI is InChI=1S/C21H21FN2O3/c1-2-20(25)23-13-17-14-24(10-11-27-17)21(26)18-12-16(8-9-19(18)22)15-6-4-3-5-7-15/h2-9,12,17H,1,10-11,13-14H2,(H,23,25)/t17-/m0/s1. The number of carbonyl (C=O) groups excluding carboxylic acids is 2. The number of rotatable bonds is 5. The van der Waals surface area contributed by atoms with Gasteiger partial charge in [-0.15, -0.1) is 0 Å². The molecule has 0 saturated carbocycles. The molecule has 1 aliphatic heterocycles. The van der Waals surface area contributed by atoms with Crippen molar-refractivity contribution in [3.05, 3.63) is 72.6 Å². The predicted octanol–water partition coefficient (Wildman–Crippen LogP) is 2.64. The van der Waals surface area contributed by atoms with E-state index in [4.69, 9.17) is 4.74 Å². The minimum Gasteiger partial charge on any atom is -0.373 e. The molecule has 1 saturated heterocycles. The third kappa shape index (κ3) is 4.60. The molecule has 6 heteroatoms. The van der Waals surface area contributed by atoms with Crippen LogP contribution in [0.2, 0.25) is 0 Å². The lowest BCUT2D eigenvalue weighted by Crippen LogP contribution is -2.49. The SMILES string of the molecule is C=CC(=O)NC[C@H]1CN(C(=O)c2cc(-c3ccccc3)ccc2F)CCO1. The van der Waals surface area contributed by atoms with Crippen LogP contribution in [-0.4, -0.2) is 49.1 Å². The summed E-state index contributed by atoms with van der Waals surface area (Å²) in [5, 5.41) is 2.65. The Hall–Kier alpha value is -2.99. The van der Waals surface area contributed by atoms with Crippen molar-refractivity contribution in [1.29, 1.82) is 0 Å². The summed E-state index contributed by atoms with van der Waals surface area (Å²) < 4.78 is 19.9. The van der Waals surface area contributed by atoms with E-state index in [0.717, 1.165) is 11.1 Å². The summed E-state index contributed by atoms with van der Waals surface area (Å²) in [6.07, 6.45) is 0.836. The zero-order chi connectivity index (χ0) is 19.2. The zero-order valence-electron chi connectivity index (χ0n) is 14.9. The molecule has 1 atom stereocenters. The monoisotopic (exact) mass is 368 g/mol. The molecule has 0 spiro atoms. The number of nitrogens with zero attached hydrogens (tertiary/aromatic N) is 1. The van der Waals surface area contributed by atoms with Crippen LogP contribution in [0.5, 0.6) is 0 Å². The third-order valence-electron chi connectivity index (χ3n) is 4.42. The maximum absolute atomic E-state index is 14.3. The van der Waals surface area contributed by atoms with Gasteiger partial charge in [0.15, 0.2) is 0 Å². The molecule has 5 nitrogen and oxygen atoms in total. The van der Waals surface area contributed by atoms with Gasteiger partial charge < -0.3 is 15.0 Å². The Morgan fingerprint density at radius 2 is 2.00 bits per heavy atom. The molecule has 0 aliphatic carbocycles. The molecule has 1 N–H and O–H groups in total. The van der Waals surface area contributed by atoms with E-state index in [1.165, 1.54) is 12.1 Å². The topological polar surface area (TPSA) is 58.6 Å². The fourth-order valence-electron chi connectivity index (χ4n) is 2.98. The maximum Gasteiger partial charge on any atom is 0.257 e. The summed E-state index contributed by atoms with van der Waals surface area (Å²) in [6.45, 7) is 4.65. The second kappa shape index (κ2) is 8.60. The number of halogens is 1.